The summed E-state index contributed by atoms with van der Waals surface area (Å²) in [6.45, 7) is 1.07. The summed E-state index contributed by atoms with van der Waals surface area (Å²) in [5.41, 5.74) is 6.74. The van der Waals surface area contributed by atoms with E-state index < -0.39 is 5.97 Å². The Labute approximate surface area is 87.7 Å². The predicted octanol–water partition coefficient (Wildman–Crippen LogP) is 0.895. The maximum atomic E-state index is 10.9. The molecule has 1 aromatic carbocycles. The lowest BCUT2D eigenvalue weighted by Gasteiger charge is -2.25. The molecule has 1 aliphatic heterocycles. The van der Waals surface area contributed by atoms with Crippen molar-refractivity contribution < 1.29 is 14.6 Å². The lowest BCUT2D eigenvalue weighted by atomic mass is 9.95. The molecule has 0 aromatic heterocycles. The average molecular weight is 207 g/mol. The van der Waals surface area contributed by atoms with Crippen LogP contribution in [0.15, 0.2) is 18.2 Å². The van der Waals surface area contributed by atoms with Crippen molar-refractivity contribution in [1.29, 1.82) is 0 Å². The SMILES string of the molecule is NCC1COc2c(cccc2C(=O)O)C1. The molecule has 1 heterocycles. The van der Waals surface area contributed by atoms with Gasteiger partial charge in [-0.1, -0.05) is 12.1 Å². The first-order chi connectivity index (χ1) is 7.22. The number of aromatic carboxylic acids is 1. The average Bonchev–Trinajstić information content (AvgIpc) is 2.27. The van der Waals surface area contributed by atoms with Gasteiger partial charge in [0.05, 0.1) is 6.61 Å². The van der Waals surface area contributed by atoms with Gasteiger partial charge in [0.15, 0.2) is 0 Å². The summed E-state index contributed by atoms with van der Waals surface area (Å²) in [4.78, 5) is 10.9. The molecule has 1 aromatic rings. The second-order valence-corrected chi connectivity index (χ2v) is 3.72. The number of fused-ring (bicyclic) bond motifs is 1. The Kier molecular flexibility index (Phi) is 2.60. The van der Waals surface area contributed by atoms with Gasteiger partial charge in [0, 0.05) is 5.92 Å². The van der Waals surface area contributed by atoms with Gasteiger partial charge >= 0.3 is 5.97 Å². The highest BCUT2D eigenvalue weighted by atomic mass is 16.5. The zero-order valence-electron chi connectivity index (χ0n) is 8.27. The molecular formula is C11H13NO3. The summed E-state index contributed by atoms with van der Waals surface area (Å²) in [5, 5.41) is 8.96. The van der Waals surface area contributed by atoms with Crippen LogP contribution in [0.25, 0.3) is 0 Å². The van der Waals surface area contributed by atoms with Gasteiger partial charge in [-0.2, -0.15) is 0 Å². The molecule has 80 valence electrons. The lowest BCUT2D eigenvalue weighted by Crippen LogP contribution is -2.28. The van der Waals surface area contributed by atoms with E-state index in [-0.39, 0.29) is 5.56 Å². The van der Waals surface area contributed by atoms with Crippen molar-refractivity contribution in [2.75, 3.05) is 13.2 Å². The number of rotatable bonds is 2. The molecule has 0 radical (unpaired) electrons. The maximum absolute atomic E-state index is 10.9. The van der Waals surface area contributed by atoms with Crippen LogP contribution in [0.3, 0.4) is 0 Å². The molecular weight excluding hydrogens is 194 g/mol. The van der Waals surface area contributed by atoms with Crippen LogP contribution in [-0.2, 0) is 6.42 Å². The van der Waals surface area contributed by atoms with Crippen LogP contribution in [0.2, 0.25) is 0 Å². The van der Waals surface area contributed by atoms with E-state index in [0.29, 0.717) is 24.8 Å². The van der Waals surface area contributed by atoms with Crippen molar-refractivity contribution in [3.63, 3.8) is 0 Å². The molecule has 1 aliphatic rings. The number of nitrogens with two attached hydrogens (primary N) is 1. The highest BCUT2D eigenvalue weighted by Gasteiger charge is 2.23. The summed E-state index contributed by atoms with van der Waals surface area (Å²) in [5.74, 6) is -0.144. The van der Waals surface area contributed by atoms with Crippen LogP contribution in [0.4, 0.5) is 0 Å². The zero-order chi connectivity index (χ0) is 10.8. The van der Waals surface area contributed by atoms with Crippen molar-refractivity contribution >= 4 is 5.97 Å². The molecule has 4 nitrogen and oxygen atoms in total. The Morgan fingerprint density at radius 1 is 1.60 bits per heavy atom. The van der Waals surface area contributed by atoms with Gasteiger partial charge < -0.3 is 15.6 Å². The van der Waals surface area contributed by atoms with Gasteiger partial charge in [-0.3, -0.25) is 0 Å². The fraction of sp³-hybridized carbons (Fsp3) is 0.364. The topological polar surface area (TPSA) is 72.5 Å². The zero-order valence-corrected chi connectivity index (χ0v) is 8.27. The van der Waals surface area contributed by atoms with Gasteiger partial charge in [-0.15, -0.1) is 0 Å². The normalized spacial score (nSPS) is 19.1. The standard InChI is InChI=1S/C11H13NO3/c12-5-7-4-8-2-1-3-9(11(13)14)10(8)15-6-7/h1-3,7H,4-6,12H2,(H,13,14). The summed E-state index contributed by atoms with van der Waals surface area (Å²) in [7, 11) is 0. The number of carbonyl (C=O) groups is 1. The first kappa shape index (κ1) is 9.98. The molecule has 1 unspecified atom stereocenters. The van der Waals surface area contributed by atoms with Crippen molar-refractivity contribution in [3.05, 3.63) is 29.3 Å². The third-order valence-electron chi connectivity index (χ3n) is 2.63. The van der Waals surface area contributed by atoms with E-state index in [1.807, 2.05) is 6.07 Å². The van der Waals surface area contributed by atoms with Crippen molar-refractivity contribution in [2.24, 2.45) is 11.7 Å². The second-order valence-electron chi connectivity index (χ2n) is 3.72. The Bertz CT molecular complexity index is 389. The number of carboxylic acid groups (broad SMARTS) is 1. The number of hydrogen-bond donors (Lipinski definition) is 2. The molecule has 0 saturated heterocycles. The number of ether oxygens (including phenoxy) is 1. The molecule has 0 saturated carbocycles. The number of carboxylic acids is 1. The van der Waals surface area contributed by atoms with Crippen LogP contribution in [-0.4, -0.2) is 24.2 Å². The van der Waals surface area contributed by atoms with E-state index >= 15 is 0 Å². The number of para-hydroxylation sites is 1. The molecule has 3 N–H and O–H groups in total. The number of benzene rings is 1. The Morgan fingerprint density at radius 2 is 2.40 bits per heavy atom. The van der Waals surface area contributed by atoms with E-state index in [1.165, 1.54) is 0 Å². The fourth-order valence-electron chi connectivity index (χ4n) is 1.81. The molecule has 0 aliphatic carbocycles. The largest absolute Gasteiger partial charge is 0.492 e. The Morgan fingerprint density at radius 3 is 3.07 bits per heavy atom. The van der Waals surface area contributed by atoms with E-state index in [2.05, 4.69) is 0 Å². The molecule has 0 bridgehead atoms. The van der Waals surface area contributed by atoms with Crippen LogP contribution in [0, 0.1) is 5.92 Å². The van der Waals surface area contributed by atoms with E-state index in [9.17, 15) is 4.79 Å². The smallest absolute Gasteiger partial charge is 0.339 e. The number of hydrogen-bond acceptors (Lipinski definition) is 3. The monoisotopic (exact) mass is 207 g/mol. The summed E-state index contributed by atoms with van der Waals surface area (Å²) in [6, 6.07) is 5.19. The van der Waals surface area contributed by atoms with Crippen molar-refractivity contribution in [2.45, 2.75) is 6.42 Å². The molecule has 0 amide bonds. The first-order valence-corrected chi connectivity index (χ1v) is 4.90. The summed E-state index contributed by atoms with van der Waals surface area (Å²) in [6.07, 6.45) is 0.799. The highest BCUT2D eigenvalue weighted by Crippen LogP contribution is 2.30. The van der Waals surface area contributed by atoms with Gasteiger partial charge in [0.25, 0.3) is 0 Å². The third-order valence-corrected chi connectivity index (χ3v) is 2.63. The molecule has 0 fully saturated rings. The quantitative estimate of drug-likeness (QED) is 0.755. The molecule has 0 spiro atoms. The molecule has 2 rings (SSSR count). The van der Waals surface area contributed by atoms with Gasteiger partial charge in [-0.05, 0) is 24.6 Å². The van der Waals surface area contributed by atoms with Gasteiger partial charge in [0.2, 0.25) is 0 Å². The highest BCUT2D eigenvalue weighted by molar-refractivity contribution is 5.91. The minimum Gasteiger partial charge on any atom is -0.492 e. The first-order valence-electron chi connectivity index (χ1n) is 4.90. The molecule has 4 heteroatoms. The summed E-state index contributed by atoms with van der Waals surface area (Å²) >= 11 is 0. The van der Waals surface area contributed by atoms with Crippen molar-refractivity contribution in [3.8, 4) is 5.75 Å². The summed E-state index contributed by atoms with van der Waals surface area (Å²) < 4.78 is 5.46. The molecule has 15 heavy (non-hydrogen) atoms. The van der Waals surface area contributed by atoms with Crippen LogP contribution in [0.1, 0.15) is 15.9 Å². The van der Waals surface area contributed by atoms with Gasteiger partial charge in [0.1, 0.15) is 11.3 Å². The van der Waals surface area contributed by atoms with E-state index in [4.69, 9.17) is 15.6 Å². The third kappa shape index (κ3) is 1.80. The second kappa shape index (κ2) is 3.90. The van der Waals surface area contributed by atoms with E-state index in [0.717, 1.165) is 12.0 Å². The maximum Gasteiger partial charge on any atom is 0.339 e. The van der Waals surface area contributed by atoms with Crippen molar-refractivity contribution in [1.82, 2.24) is 0 Å². The lowest BCUT2D eigenvalue weighted by molar-refractivity contribution is 0.0689. The Hall–Kier alpha value is -1.55. The van der Waals surface area contributed by atoms with Crippen LogP contribution < -0.4 is 10.5 Å². The fourth-order valence-corrected chi connectivity index (χ4v) is 1.81. The van der Waals surface area contributed by atoms with E-state index in [1.54, 1.807) is 12.1 Å². The minimum atomic E-state index is -0.946. The Balaban J connectivity index is 2.37. The minimum absolute atomic E-state index is 0.239. The van der Waals surface area contributed by atoms with Crippen LogP contribution in [0.5, 0.6) is 5.75 Å². The van der Waals surface area contributed by atoms with Crippen LogP contribution >= 0.6 is 0 Å². The predicted molar refractivity (Wildman–Crippen MR) is 55.1 cm³/mol. The molecule has 1 atom stereocenters. The van der Waals surface area contributed by atoms with Gasteiger partial charge in [-0.25, -0.2) is 4.79 Å².